The number of hydrogen-bond acceptors (Lipinski definition) is 4. The Labute approximate surface area is 117 Å². The number of rotatable bonds is 5. The summed E-state index contributed by atoms with van der Waals surface area (Å²) in [5.74, 6) is -0.276. The average molecular weight is 283 g/mol. The number of nitrogens with one attached hydrogen (secondary N) is 1. The lowest BCUT2D eigenvalue weighted by atomic mass is 10.1. The van der Waals surface area contributed by atoms with E-state index in [1.54, 1.807) is 11.8 Å². The first-order valence-electron chi connectivity index (χ1n) is 6.44. The molecule has 1 heterocycles. The smallest absolute Gasteiger partial charge is 0.261 e. The van der Waals surface area contributed by atoms with Crippen LogP contribution in [0.1, 0.15) is 46.4 Å². The van der Waals surface area contributed by atoms with Crippen molar-refractivity contribution in [2.24, 2.45) is 0 Å². The highest BCUT2D eigenvalue weighted by Crippen LogP contribution is 2.31. The first kappa shape index (κ1) is 15.5. The molecule has 0 aliphatic rings. The second kappa shape index (κ2) is 6.56. The molecule has 5 nitrogen and oxygen atoms in total. The van der Waals surface area contributed by atoms with Gasteiger partial charge >= 0.3 is 0 Å². The zero-order chi connectivity index (χ0) is 14.6. The van der Waals surface area contributed by atoms with Gasteiger partial charge < -0.3 is 16.0 Å². The molecule has 0 aromatic carbocycles. The molecule has 0 spiro atoms. The van der Waals surface area contributed by atoms with E-state index in [2.05, 4.69) is 5.32 Å². The van der Waals surface area contributed by atoms with Crippen LogP contribution >= 0.6 is 11.3 Å². The largest absolute Gasteiger partial charge is 0.390 e. The number of nitrogen functional groups attached to an aromatic ring is 1. The molecule has 1 rings (SSSR count). The fourth-order valence-electron chi connectivity index (χ4n) is 1.93. The molecule has 6 heteroatoms. The van der Waals surface area contributed by atoms with Crippen molar-refractivity contribution in [2.75, 3.05) is 25.4 Å². The zero-order valence-electron chi connectivity index (χ0n) is 11.9. The average Bonchev–Trinajstić information content (AvgIpc) is 2.66. The van der Waals surface area contributed by atoms with Gasteiger partial charge in [0, 0.05) is 19.6 Å². The van der Waals surface area contributed by atoms with Crippen molar-refractivity contribution in [3.05, 3.63) is 16.0 Å². The Hall–Kier alpha value is -1.56. The highest BCUT2D eigenvalue weighted by Gasteiger charge is 2.25. The Morgan fingerprint density at radius 3 is 2.32 bits per heavy atom. The molecule has 0 bridgehead atoms. The second-order valence-corrected chi connectivity index (χ2v) is 5.18. The Morgan fingerprint density at radius 2 is 1.84 bits per heavy atom. The highest BCUT2D eigenvalue weighted by atomic mass is 32.1. The molecule has 0 unspecified atom stereocenters. The first-order chi connectivity index (χ1) is 8.97. The molecule has 0 aliphatic heterocycles. The van der Waals surface area contributed by atoms with E-state index in [-0.39, 0.29) is 11.8 Å². The number of carbonyl (C=O) groups is 2. The van der Waals surface area contributed by atoms with Crippen molar-refractivity contribution >= 4 is 28.2 Å². The molecule has 1 aromatic rings. The minimum atomic E-state index is -0.171. The van der Waals surface area contributed by atoms with Crippen molar-refractivity contribution < 1.29 is 9.59 Å². The molecule has 106 valence electrons. The third-order valence-corrected chi connectivity index (χ3v) is 4.10. The molecule has 2 amide bonds. The number of carbonyl (C=O) groups excluding carboxylic acids is 2. The topological polar surface area (TPSA) is 75.4 Å². The van der Waals surface area contributed by atoms with Crippen LogP contribution in [-0.4, -0.2) is 36.3 Å². The molecule has 3 N–H and O–H groups in total. The van der Waals surface area contributed by atoms with Gasteiger partial charge in [0.2, 0.25) is 0 Å². The van der Waals surface area contributed by atoms with Crippen molar-refractivity contribution in [2.45, 2.75) is 27.7 Å². The predicted molar refractivity (Wildman–Crippen MR) is 78.7 cm³/mol. The standard InChI is InChI=1S/C13H21N3O2S/c1-5-15-12(17)10-8(4)9(11(14)19-10)13(18)16(6-2)7-3/h5-7,14H2,1-4H3,(H,15,17). The van der Waals surface area contributed by atoms with E-state index in [0.29, 0.717) is 40.6 Å². The van der Waals surface area contributed by atoms with Gasteiger partial charge in [0.1, 0.15) is 0 Å². The highest BCUT2D eigenvalue weighted by molar-refractivity contribution is 7.18. The fourth-order valence-corrected chi connectivity index (χ4v) is 2.91. The molecule has 1 aromatic heterocycles. The van der Waals surface area contributed by atoms with Crippen LogP contribution in [0.4, 0.5) is 5.00 Å². The minimum Gasteiger partial charge on any atom is -0.390 e. The maximum absolute atomic E-state index is 12.4. The SMILES string of the molecule is CCNC(=O)c1sc(N)c(C(=O)N(CC)CC)c1C. The molecule has 0 saturated heterocycles. The summed E-state index contributed by atoms with van der Waals surface area (Å²) in [7, 11) is 0. The molecule has 0 aliphatic carbocycles. The van der Waals surface area contributed by atoms with Gasteiger partial charge in [-0.15, -0.1) is 11.3 Å². The molecule has 0 saturated carbocycles. The van der Waals surface area contributed by atoms with E-state index in [4.69, 9.17) is 5.73 Å². The van der Waals surface area contributed by atoms with Gasteiger partial charge in [0.15, 0.2) is 0 Å². The summed E-state index contributed by atoms with van der Waals surface area (Å²) in [5, 5.41) is 3.14. The Morgan fingerprint density at radius 1 is 1.26 bits per heavy atom. The van der Waals surface area contributed by atoms with Gasteiger partial charge in [0.25, 0.3) is 11.8 Å². The monoisotopic (exact) mass is 283 g/mol. The van der Waals surface area contributed by atoms with Crippen LogP contribution in [0.3, 0.4) is 0 Å². The zero-order valence-corrected chi connectivity index (χ0v) is 12.7. The van der Waals surface area contributed by atoms with Gasteiger partial charge in [-0.05, 0) is 33.3 Å². The van der Waals surface area contributed by atoms with Crippen LogP contribution in [0.2, 0.25) is 0 Å². The summed E-state index contributed by atoms with van der Waals surface area (Å²) >= 11 is 1.17. The maximum Gasteiger partial charge on any atom is 0.261 e. The summed E-state index contributed by atoms with van der Waals surface area (Å²) in [6, 6.07) is 0. The normalized spacial score (nSPS) is 10.3. The van der Waals surface area contributed by atoms with Crippen LogP contribution in [0.25, 0.3) is 0 Å². The molecular weight excluding hydrogens is 262 g/mol. The van der Waals surface area contributed by atoms with Crippen molar-refractivity contribution in [1.82, 2.24) is 10.2 Å². The van der Waals surface area contributed by atoms with E-state index in [1.165, 1.54) is 11.3 Å². The summed E-state index contributed by atoms with van der Waals surface area (Å²) in [4.78, 5) is 26.5. The molecule has 0 atom stereocenters. The number of nitrogens with zero attached hydrogens (tertiary/aromatic N) is 1. The van der Waals surface area contributed by atoms with Gasteiger partial charge in [-0.3, -0.25) is 9.59 Å². The number of amides is 2. The van der Waals surface area contributed by atoms with E-state index in [9.17, 15) is 9.59 Å². The lowest BCUT2D eigenvalue weighted by Crippen LogP contribution is -2.31. The van der Waals surface area contributed by atoms with Gasteiger partial charge in [0.05, 0.1) is 15.4 Å². The van der Waals surface area contributed by atoms with Crippen molar-refractivity contribution in [3.8, 4) is 0 Å². The van der Waals surface area contributed by atoms with E-state index in [1.807, 2.05) is 20.8 Å². The van der Waals surface area contributed by atoms with Crippen molar-refractivity contribution in [1.29, 1.82) is 0 Å². The molecule has 0 fully saturated rings. The third kappa shape index (κ3) is 3.07. The van der Waals surface area contributed by atoms with Crippen molar-refractivity contribution in [3.63, 3.8) is 0 Å². The summed E-state index contributed by atoms with van der Waals surface area (Å²) in [6.45, 7) is 9.27. The summed E-state index contributed by atoms with van der Waals surface area (Å²) in [5.41, 5.74) is 7.05. The molecule has 0 radical (unpaired) electrons. The molecule has 19 heavy (non-hydrogen) atoms. The summed E-state index contributed by atoms with van der Waals surface area (Å²) in [6.07, 6.45) is 0. The summed E-state index contributed by atoms with van der Waals surface area (Å²) < 4.78 is 0. The third-order valence-electron chi connectivity index (χ3n) is 2.98. The second-order valence-electron chi connectivity index (χ2n) is 4.13. The van der Waals surface area contributed by atoms with E-state index >= 15 is 0 Å². The number of nitrogens with two attached hydrogens (primary N) is 1. The molecular formula is C13H21N3O2S. The number of thiophene rings is 1. The maximum atomic E-state index is 12.4. The van der Waals surface area contributed by atoms with Crippen LogP contribution in [0.5, 0.6) is 0 Å². The predicted octanol–water partition coefficient (Wildman–Crippen LogP) is 1.87. The number of anilines is 1. The first-order valence-corrected chi connectivity index (χ1v) is 7.25. The lowest BCUT2D eigenvalue weighted by Gasteiger charge is -2.18. The fraction of sp³-hybridized carbons (Fsp3) is 0.538. The Kier molecular flexibility index (Phi) is 5.35. The number of hydrogen-bond donors (Lipinski definition) is 2. The minimum absolute atomic E-state index is 0.105. The lowest BCUT2D eigenvalue weighted by molar-refractivity contribution is 0.0774. The Balaban J connectivity index is 3.16. The van der Waals surface area contributed by atoms with Gasteiger partial charge in [-0.25, -0.2) is 0 Å². The van der Waals surface area contributed by atoms with Crippen LogP contribution < -0.4 is 11.1 Å². The van der Waals surface area contributed by atoms with E-state index < -0.39 is 0 Å². The van der Waals surface area contributed by atoms with Gasteiger partial charge in [-0.2, -0.15) is 0 Å². The van der Waals surface area contributed by atoms with Crippen LogP contribution in [-0.2, 0) is 0 Å². The van der Waals surface area contributed by atoms with Gasteiger partial charge in [-0.1, -0.05) is 0 Å². The quantitative estimate of drug-likeness (QED) is 0.866. The van der Waals surface area contributed by atoms with Crippen LogP contribution in [0.15, 0.2) is 0 Å². The van der Waals surface area contributed by atoms with E-state index in [0.717, 1.165) is 0 Å². The Bertz CT molecular complexity index is 478. The van der Waals surface area contributed by atoms with Crippen LogP contribution in [0, 0.1) is 6.92 Å².